The quantitative estimate of drug-likeness (QED) is 0.594. The predicted octanol–water partition coefficient (Wildman–Crippen LogP) is 5.03. The normalized spacial score (nSPS) is 12.2. The molecule has 0 aliphatic carbocycles. The Morgan fingerprint density at radius 3 is 2.54 bits per heavy atom. The number of alkyl halides is 3. The van der Waals surface area contributed by atoms with Crippen molar-refractivity contribution < 1.29 is 22.7 Å². The van der Waals surface area contributed by atoms with Crippen LogP contribution in [0.5, 0.6) is 0 Å². The molecule has 148 valence electrons. The Bertz CT molecular complexity index is 1040. The zero-order valence-electron chi connectivity index (χ0n) is 15.0. The molecule has 0 unspecified atom stereocenters. The number of carbonyl (C=O) groups excluding carboxylic acids is 1. The second-order valence-corrected chi connectivity index (χ2v) is 7.19. The lowest BCUT2D eigenvalue weighted by Gasteiger charge is -2.19. The van der Waals surface area contributed by atoms with Crippen LogP contribution in [0.4, 0.5) is 29.6 Å². The molecular weight excluding hydrogens is 399 g/mol. The van der Waals surface area contributed by atoms with Gasteiger partial charge < -0.3 is 10.1 Å². The van der Waals surface area contributed by atoms with Gasteiger partial charge in [0.05, 0.1) is 11.7 Å². The highest BCUT2D eigenvalue weighted by molar-refractivity contribution is 6.30. The molecule has 2 aromatic heterocycles. The summed E-state index contributed by atoms with van der Waals surface area (Å²) in [4.78, 5) is 19.4. The minimum absolute atomic E-state index is 0.100. The zero-order chi connectivity index (χ0) is 20.7. The van der Waals surface area contributed by atoms with Gasteiger partial charge in [-0.25, -0.2) is 14.8 Å². The second kappa shape index (κ2) is 6.93. The van der Waals surface area contributed by atoms with Gasteiger partial charge in [0.1, 0.15) is 16.3 Å². The van der Waals surface area contributed by atoms with Gasteiger partial charge in [-0.1, -0.05) is 11.6 Å². The van der Waals surface area contributed by atoms with Crippen molar-refractivity contribution in [3.05, 3.63) is 41.3 Å². The summed E-state index contributed by atoms with van der Waals surface area (Å²) in [6.07, 6.45) is -3.19. The van der Waals surface area contributed by atoms with Gasteiger partial charge in [-0.15, -0.1) is 0 Å². The highest BCUT2D eigenvalue weighted by Crippen LogP contribution is 2.33. The first kappa shape index (κ1) is 19.9. The molecule has 0 bridgehead atoms. The molecule has 11 heteroatoms. The van der Waals surface area contributed by atoms with Crippen LogP contribution in [0.2, 0.25) is 5.15 Å². The average Bonchev–Trinajstić information content (AvgIpc) is 2.95. The third kappa shape index (κ3) is 4.33. The minimum atomic E-state index is -4.63. The van der Waals surface area contributed by atoms with Crippen molar-refractivity contribution in [2.45, 2.75) is 32.5 Å². The van der Waals surface area contributed by atoms with E-state index in [0.717, 1.165) is 4.68 Å². The van der Waals surface area contributed by atoms with Crippen LogP contribution < -0.4 is 5.32 Å². The fourth-order valence-corrected chi connectivity index (χ4v) is 2.54. The molecule has 1 N–H and O–H groups in total. The number of carbonyl (C=O) groups is 1. The summed E-state index contributed by atoms with van der Waals surface area (Å²) in [5.74, 6) is -0.100. The number of nitrogens with one attached hydrogen (secondary N) is 1. The first-order chi connectivity index (χ1) is 12.9. The highest BCUT2D eigenvalue weighted by Gasteiger charge is 2.34. The van der Waals surface area contributed by atoms with Crippen LogP contribution in [0.15, 0.2) is 30.6 Å². The van der Waals surface area contributed by atoms with Crippen LogP contribution >= 0.6 is 11.6 Å². The molecule has 0 spiro atoms. The Kier molecular flexibility index (Phi) is 4.92. The lowest BCUT2D eigenvalue weighted by Crippen LogP contribution is -2.27. The van der Waals surface area contributed by atoms with Crippen LogP contribution in [-0.4, -0.2) is 31.4 Å². The summed E-state index contributed by atoms with van der Waals surface area (Å²) in [6.45, 7) is 5.23. The molecule has 7 nitrogen and oxygen atoms in total. The molecule has 1 aromatic carbocycles. The fraction of sp³-hybridized carbons (Fsp3) is 0.294. The molecule has 3 aromatic rings. The number of anilines is 2. The van der Waals surface area contributed by atoms with Gasteiger partial charge in [0, 0.05) is 17.3 Å². The Balaban J connectivity index is 1.84. The van der Waals surface area contributed by atoms with E-state index >= 15 is 0 Å². The van der Waals surface area contributed by atoms with Gasteiger partial charge in [0.15, 0.2) is 0 Å². The number of benzene rings is 1. The summed E-state index contributed by atoms with van der Waals surface area (Å²) in [5, 5.41) is 6.68. The monoisotopic (exact) mass is 413 g/mol. The number of hydrogen-bond donors (Lipinski definition) is 1. The van der Waals surface area contributed by atoms with Crippen LogP contribution in [0.3, 0.4) is 0 Å². The zero-order valence-corrected chi connectivity index (χ0v) is 15.8. The Morgan fingerprint density at radius 2 is 1.93 bits per heavy atom. The van der Waals surface area contributed by atoms with Crippen molar-refractivity contribution in [2.75, 3.05) is 5.32 Å². The van der Waals surface area contributed by atoms with Gasteiger partial charge in [-0.2, -0.15) is 23.0 Å². The topological polar surface area (TPSA) is 81.9 Å². The SMILES string of the molecule is CC(C)(C)OC(=O)n1ncc2cc(Nc3ncc(C(F)(F)F)c(Cl)n3)ccc21. The number of rotatable bonds is 2. The molecule has 0 saturated heterocycles. The summed E-state index contributed by atoms with van der Waals surface area (Å²) in [5.41, 5.74) is -0.803. The van der Waals surface area contributed by atoms with E-state index in [1.165, 1.54) is 6.20 Å². The van der Waals surface area contributed by atoms with Crippen molar-refractivity contribution in [3.8, 4) is 0 Å². The molecule has 0 fully saturated rings. The largest absolute Gasteiger partial charge is 0.442 e. The summed E-state index contributed by atoms with van der Waals surface area (Å²) >= 11 is 5.59. The number of halogens is 4. The maximum Gasteiger partial charge on any atom is 0.435 e. The van der Waals surface area contributed by atoms with E-state index in [2.05, 4.69) is 20.4 Å². The lowest BCUT2D eigenvalue weighted by atomic mass is 10.2. The molecule has 0 radical (unpaired) electrons. The molecule has 0 aliphatic heterocycles. The Morgan fingerprint density at radius 1 is 1.21 bits per heavy atom. The van der Waals surface area contributed by atoms with Crippen molar-refractivity contribution in [2.24, 2.45) is 0 Å². The van der Waals surface area contributed by atoms with Gasteiger partial charge >= 0.3 is 12.3 Å². The van der Waals surface area contributed by atoms with Crippen molar-refractivity contribution in [3.63, 3.8) is 0 Å². The third-order valence-electron chi connectivity index (χ3n) is 3.44. The minimum Gasteiger partial charge on any atom is -0.442 e. The van der Waals surface area contributed by atoms with E-state index in [1.807, 2.05) is 0 Å². The number of fused-ring (bicyclic) bond motifs is 1. The van der Waals surface area contributed by atoms with Crippen LogP contribution in [0, 0.1) is 0 Å². The predicted molar refractivity (Wildman–Crippen MR) is 96.7 cm³/mol. The van der Waals surface area contributed by atoms with Crippen LogP contribution in [0.1, 0.15) is 26.3 Å². The second-order valence-electron chi connectivity index (χ2n) is 6.83. The molecular formula is C17H15ClF3N5O2. The maximum atomic E-state index is 12.7. The summed E-state index contributed by atoms with van der Waals surface area (Å²) < 4.78 is 44.6. The van der Waals surface area contributed by atoms with Crippen molar-refractivity contribution in [1.29, 1.82) is 0 Å². The third-order valence-corrected chi connectivity index (χ3v) is 3.73. The number of ether oxygens (including phenoxy) is 1. The summed E-state index contributed by atoms with van der Waals surface area (Å²) in [6, 6.07) is 4.85. The molecule has 0 saturated carbocycles. The smallest absolute Gasteiger partial charge is 0.435 e. The van der Waals surface area contributed by atoms with E-state index < -0.39 is 28.6 Å². The summed E-state index contributed by atoms with van der Waals surface area (Å²) in [7, 11) is 0. The van der Waals surface area contributed by atoms with E-state index in [1.54, 1.807) is 39.0 Å². The van der Waals surface area contributed by atoms with Crippen LogP contribution in [-0.2, 0) is 10.9 Å². The highest BCUT2D eigenvalue weighted by atomic mass is 35.5. The Hall–Kier alpha value is -2.88. The Labute approximate surface area is 162 Å². The number of nitrogens with zero attached hydrogens (tertiary/aromatic N) is 4. The first-order valence-electron chi connectivity index (χ1n) is 8.02. The van der Waals surface area contributed by atoms with Gasteiger partial charge in [-0.05, 0) is 39.0 Å². The van der Waals surface area contributed by atoms with E-state index in [0.29, 0.717) is 22.8 Å². The lowest BCUT2D eigenvalue weighted by molar-refractivity contribution is -0.137. The van der Waals surface area contributed by atoms with Crippen molar-refractivity contribution in [1.82, 2.24) is 19.7 Å². The molecule has 0 amide bonds. The van der Waals surface area contributed by atoms with Gasteiger partial charge in [-0.3, -0.25) is 0 Å². The number of hydrogen-bond acceptors (Lipinski definition) is 6. The molecule has 2 heterocycles. The molecule has 0 atom stereocenters. The molecule has 28 heavy (non-hydrogen) atoms. The van der Waals surface area contributed by atoms with E-state index in [9.17, 15) is 18.0 Å². The first-order valence-corrected chi connectivity index (χ1v) is 8.40. The average molecular weight is 414 g/mol. The molecule has 0 aliphatic rings. The standard InChI is InChI=1S/C17H15ClF3N5O2/c1-16(2,3)28-15(27)26-12-5-4-10(6-9(12)7-23-26)24-14-22-8-11(13(18)25-14)17(19,20)21/h4-8H,1-3H3,(H,22,24,25). The maximum absolute atomic E-state index is 12.7. The van der Waals surface area contributed by atoms with E-state index in [-0.39, 0.29) is 5.95 Å². The van der Waals surface area contributed by atoms with E-state index in [4.69, 9.17) is 16.3 Å². The number of aromatic nitrogens is 4. The van der Waals surface area contributed by atoms with Gasteiger partial charge in [0.25, 0.3) is 0 Å². The van der Waals surface area contributed by atoms with Crippen LogP contribution in [0.25, 0.3) is 10.9 Å². The molecule has 3 rings (SSSR count). The van der Waals surface area contributed by atoms with Crippen molar-refractivity contribution >= 4 is 40.2 Å². The fourth-order valence-electron chi connectivity index (χ4n) is 2.30. The van der Waals surface area contributed by atoms with Gasteiger partial charge in [0.2, 0.25) is 5.95 Å².